The molecular formula is C12H18N2O3. The van der Waals surface area contributed by atoms with Crippen molar-refractivity contribution in [3.8, 4) is 0 Å². The molecule has 0 aromatic heterocycles. The molecule has 0 aliphatic carbocycles. The molecule has 1 aromatic carbocycles. The molecule has 0 bridgehead atoms. The van der Waals surface area contributed by atoms with Gasteiger partial charge in [0.2, 0.25) is 0 Å². The van der Waals surface area contributed by atoms with E-state index in [1.54, 1.807) is 18.2 Å². The van der Waals surface area contributed by atoms with Crippen molar-refractivity contribution in [2.75, 3.05) is 26.3 Å². The number of hydrogen-bond donors (Lipinski definition) is 1. The smallest absolute Gasteiger partial charge is 0.272 e. The number of nitro groups is 1. The maximum Gasteiger partial charge on any atom is 0.272 e. The van der Waals surface area contributed by atoms with Crippen LogP contribution in [0.1, 0.15) is 12.5 Å². The van der Waals surface area contributed by atoms with E-state index in [1.807, 2.05) is 6.92 Å². The fourth-order valence-corrected chi connectivity index (χ4v) is 1.51. The van der Waals surface area contributed by atoms with Gasteiger partial charge < -0.3 is 10.1 Å². The van der Waals surface area contributed by atoms with Gasteiger partial charge in [-0.1, -0.05) is 25.1 Å². The summed E-state index contributed by atoms with van der Waals surface area (Å²) in [7, 11) is 0. The molecule has 94 valence electrons. The SMILES string of the molecule is CCNCCOCCc1ccccc1[N+](=O)[O-]. The molecule has 1 aromatic rings. The highest BCUT2D eigenvalue weighted by Gasteiger charge is 2.11. The number of likely N-dealkylation sites (N-methyl/N-ethyl adjacent to an activating group) is 1. The molecule has 5 nitrogen and oxygen atoms in total. The van der Waals surface area contributed by atoms with Crippen LogP contribution in [0, 0.1) is 10.1 Å². The first-order valence-corrected chi connectivity index (χ1v) is 5.76. The summed E-state index contributed by atoms with van der Waals surface area (Å²) in [6.45, 7) is 4.92. The highest BCUT2D eigenvalue weighted by Crippen LogP contribution is 2.17. The second kappa shape index (κ2) is 7.76. The van der Waals surface area contributed by atoms with E-state index in [-0.39, 0.29) is 10.6 Å². The lowest BCUT2D eigenvalue weighted by Crippen LogP contribution is -2.19. The van der Waals surface area contributed by atoms with Crippen molar-refractivity contribution in [3.63, 3.8) is 0 Å². The van der Waals surface area contributed by atoms with E-state index in [1.165, 1.54) is 6.07 Å². The van der Waals surface area contributed by atoms with Crippen LogP contribution in [0.4, 0.5) is 5.69 Å². The Morgan fingerprint density at radius 3 is 2.82 bits per heavy atom. The quantitative estimate of drug-likeness (QED) is 0.426. The predicted molar refractivity (Wildman–Crippen MR) is 66.2 cm³/mol. The number of hydrogen-bond acceptors (Lipinski definition) is 4. The summed E-state index contributed by atoms with van der Waals surface area (Å²) in [5.74, 6) is 0. The normalized spacial score (nSPS) is 10.4. The van der Waals surface area contributed by atoms with Gasteiger partial charge in [-0.3, -0.25) is 10.1 Å². The highest BCUT2D eigenvalue weighted by molar-refractivity contribution is 5.39. The van der Waals surface area contributed by atoms with E-state index in [2.05, 4.69) is 5.32 Å². The van der Waals surface area contributed by atoms with Crippen LogP contribution in [-0.4, -0.2) is 31.2 Å². The molecule has 1 N–H and O–H groups in total. The summed E-state index contributed by atoms with van der Waals surface area (Å²) in [4.78, 5) is 10.4. The lowest BCUT2D eigenvalue weighted by Gasteiger charge is -2.05. The fraction of sp³-hybridized carbons (Fsp3) is 0.500. The van der Waals surface area contributed by atoms with E-state index in [9.17, 15) is 10.1 Å². The zero-order chi connectivity index (χ0) is 12.5. The minimum Gasteiger partial charge on any atom is -0.380 e. The standard InChI is InChI=1S/C12H18N2O3/c1-2-13-8-10-17-9-7-11-5-3-4-6-12(11)14(15)16/h3-6,13H,2,7-10H2,1H3. The molecule has 17 heavy (non-hydrogen) atoms. The Labute approximate surface area is 101 Å². The number of nitrogens with zero attached hydrogens (tertiary/aromatic N) is 1. The first-order chi connectivity index (χ1) is 8.25. The van der Waals surface area contributed by atoms with Crippen LogP contribution in [0.5, 0.6) is 0 Å². The summed E-state index contributed by atoms with van der Waals surface area (Å²) in [5, 5.41) is 13.9. The molecule has 0 saturated heterocycles. The Bertz CT molecular complexity index is 355. The average molecular weight is 238 g/mol. The van der Waals surface area contributed by atoms with Gasteiger partial charge in [-0.2, -0.15) is 0 Å². The van der Waals surface area contributed by atoms with Gasteiger partial charge in [0.05, 0.1) is 18.1 Å². The van der Waals surface area contributed by atoms with Crippen molar-refractivity contribution in [1.29, 1.82) is 0 Å². The second-order valence-corrected chi connectivity index (χ2v) is 3.60. The maximum absolute atomic E-state index is 10.8. The van der Waals surface area contributed by atoms with Crippen molar-refractivity contribution in [1.82, 2.24) is 5.32 Å². The lowest BCUT2D eigenvalue weighted by molar-refractivity contribution is -0.385. The molecule has 0 spiro atoms. The molecule has 1 rings (SSSR count). The summed E-state index contributed by atoms with van der Waals surface area (Å²) in [6.07, 6.45) is 0.573. The zero-order valence-electron chi connectivity index (χ0n) is 10.0. The van der Waals surface area contributed by atoms with Gasteiger partial charge in [0.1, 0.15) is 0 Å². The van der Waals surface area contributed by atoms with Gasteiger partial charge in [-0.25, -0.2) is 0 Å². The van der Waals surface area contributed by atoms with Crippen LogP contribution in [0.15, 0.2) is 24.3 Å². The largest absolute Gasteiger partial charge is 0.380 e. The molecule has 0 radical (unpaired) electrons. The molecule has 0 fully saturated rings. The Morgan fingerprint density at radius 2 is 2.12 bits per heavy atom. The summed E-state index contributed by atoms with van der Waals surface area (Å²) in [5.41, 5.74) is 0.892. The number of rotatable bonds is 8. The van der Waals surface area contributed by atoms with E-state index in [0.717, 1.165) is 18.7 Å². The van der Waals surface area contributed by atoms with Gasteiger partial charge in [-0.05, 0) is 6.54 Å². The minimum atomic E-state index is -0.353. The average Bonchev–Trinajstić information content (AvgIpc) is 2.34. The molecule has 0 unspecified atom stereocenters. The Kier molecular flexibility index (Phi) is 6.21. The molecule has 0 heterocycles. The number of nitrogens with one attached hydrogen (secondary N) is 1. The Morgan fingerprint density at radius 1 is 1.35 bits per heavy atom. The maximum atomic E-state index is 10.8. The minimum absolute atomic E-state index is 0.169. The highest BCUT2D eigenvalue weighted by atomic mass is 16.6. The van der Waals surface area contributed by atoms with Crippen molar-refractivity contribution < 1.29 is 9.66 Å². The molecule has 0 amide bonds. The third-order valence-electron chi connectivity index (χ3n) is 2.38. The van der Waals surface area contributed by atoms with Crippen molar-refractivity contribution in [2.24, 2.45) is 0 Å². The summed E-state index contributed by atoms with van der Waals surface area (Å²) >= 11 is 0. The molecule has 0 aliphatic rings. The monoisotopic (exact) mass is 238 g/mol. The summed E-state index contributed by atoms with van der Waals surface area (Å²) in [6, 6.07) is 6.77. The predicted octanol–water partition coefficient (Wildman–Crippen LogP) is 1.76. The first kappa shape index (κ1) is 13.6. The summed E-state index contributed by atoms with van der Waals surface area (Å²) < 4.78 is 5.39. The third-order valence-corrected chi connectivity index (χ3v) is 2.38. The van der Waals surface area contributed by atoms with Crippen molar-refractivity contribution >= 4 is 5.69 Å². The van der Waals surface area contributed by atoms with E-state index < -0.39 is 0 Å². The molecule has 0 atom stereocenters. The van der Waals surface area contributed by atoms with Gasteiger partial charge in [0.25, 0.3) is 5.69 Å². The molecule has 0 aliphatic heterocycles. The van der Waals surface area contributed by atoms with Crippen molar-refractivity contribution in [3.05, 3.63) is 39.9 Å². The number of benzene rings is 1. The van der Waals surface area contributed by atoms with Gasteiger partial charge in [0.15, 0.2) is 0 Å². The van der Waals surface area contributed by atoms with Crippen LogP contribution >= 0.6 is 0 Å². The second-order valence-electron chi connectivity index (χ2n) is 3.60. The first-order valence-electron chi connectivity index (χ1n) is 5.76. The van der Waals surface area contributed by atoms with Crippen LogP contribution in [-0.2, 0) is 11.2 Å². The van der Waals surface area contributed by atoms with Crippen LogP contribution < -0.4 is 5.32 Å². The number of ether oxygens (including phenoxy) is 1. The van der Waals surface area contributed by atoms with Crippen LogP contribution in [0.2, 0.25) is 0 Å². The lowest BCUT2D eigenvalue weighted by atomic mass is 10.1. The molecule has 5 heteroatoms. The zero-order valence-corrected chi connectivity index (χ0v) is 10.0. The van der Waals surface area contributed by atoms with Gasteiger partial charge in [-0.15, -0.1) is 0 Å². The van der Waals surface area contributed by atoms with Crippen LogP contribution in [0.25, 0.3) is 0 Å². The molecule has 0 saturated carbocycles. The number of para-hydroxylation sites is 1. The van der Waals surface area contributed by atoms with Crippen molar-refractivity contribution in [2.45, 2.75) is 13.3 Å². The van der Waals surface area contributed by atoms with Gasteiger partial charge in [0, 0.05) is 24.6 Å². The Hall–Kier alpha value is -1.46. The van der Waals surface area contributed by atoms with E-state index in [4.69, 9.17) is 4.74 Å². The van der Waals surface area contributed by atoms with Crippen LogP contribution in [0.3, 0.4) is 0 Å². The fourth-order valence-electron chi connectivity index (χ4n) is 1.51. The number of nitro benzene ring substituents is 1. The van der Waals surface area contributed by atoms with E-state index >= 15 is 0 Å². The Balaban J connectivity index is 2.34. The molecular weight excluding hydrogens is 220 g/mol. The van der Waals surface area contributed by atoms with Gasteiger partial charge >= 0.3 is 0 Å². The van der Waals surface area contributed by atoms with E-state index in [0.29, 0.717) is 19.6 Å². The topological polar surface area (TPSA) is 64.4 Å². The third kappa shape index (κ3) is 4.93.